The smallest absolute Gasteiger partial charge is 0.256 e. The zero-order chi connectivity index (χ0) is 14.0. The molecule has 0 aromatic carbocycles. The molecule has 0 saturated heterocycles. The maximum absolute atomic E-state index is 13.1. The van der Waals surface area contributed by atoms with Gasteiger partial charge in [-0.15, -0.1) is 0 Å². The van der Waals surface area contributed by atoms with E-state index in [-0.39, 0.29) is 17.0 Å². The highest BCUT2D eigenvalue weighted by Gasteiger charge is 2.30. The van der Waals surface area contributed by atoms with Crippen LogP contribution < -0.4 is 0 Å². The van der Waals surface area contributed by atoms with Crippen LogP contribution in [0.15, 0.2) is 30.5 Å². The molecule has 19 heavy (non-hydrogen) atoms. The fourth-order valence-electron chi connectivity index (χ4n) is 1.43. The lowest BCUT2D eigenvalue weighted by atomic mass is 10.1. The predicted molar refractivity (Wildman–Crippen MR) is 57.1 cm³/mol. The molecule has 0 bridgehead atoms. The third-order valence-corrected chi connectivity index (χ3v) is 2.30. The van der Waals surface area contributed by atoms with Crippen molar-refractivity contribution in [2.75, 3.05) is 0 Å². The summed E-state index contributed by atoms with van der Waals surface area (Å²) in [5, 5.41) is 8.64. The highest BCUT2D eigenvalue weighted by atomic mass is 19.4. The van der Waals surface area contributed by atoms with Crippen LogP contribution in [0.2, 0.25) is 0 Å². The number of halogens is 4. The summed E-state index contributed by atoms with van der Waals surface area (Å²) < 4.78 is 50.2. The van der Waals surface area contributed by atoms with Gasteiger partial charge in [-0.1, -0.05) is 0 Å². The Kier molecular flexibility index (Phi) is 3.17. The molecule has 96 valence electrons. The minimum absolute atomic E-state index is 0.130. The minimum atomic E-state index is -4.48. The molecule has 0 fully saturated rings. The van der Waals surface area contributed by atoms with Crippen LogP contribution in [0.25, 0.3) is 11.3 Å². The van der Waals surface area contributed by atoms with Gasteiger partial charge in [0.05, 0.1) is 11.3 Å². The maximum Gasteiger partial charge on any atom is 0.417 e. The average Bonchev–Trinajstić information content (AvgIpc) is 2.37. The van der Waals surface area contributed by atoms with Crippen LogP contribution in [0.5, 0.6) is 0 Å². The van der Waals surface area contributed by atoms with Gasteiger partial charge in [0.25, 0.3) is 0 Å². The number of hydrogen-bond donors (Lipinski definition) is 0. The van der Waals surface area contributed by atoms with E-state index in [1.165, 1.54) is 6.07 Å². The van der Waals surface area contributed by atoms with Crippen molar-refractivity contribution in [3.8, 4) is 17.3 Å². The number of alkyl halides is 3. The second-order valence-electron chi connectivity index (χ2n) is 3.61. The summed E-state index contributed by atoms with van der Waals surface area (Å²) in [6.07, 6.45) is -3.83. The summed E-state index contributed by atoms with van der Waals surface area (Å²) in [6.45, 7) is 0. The van der Waals surface area contributed by atoms with E-state index in [2.05, 4.69) is 9.97 Å². The lowest BCUT2D eigenvalue weighted by molar-refractivity contribution is -0.137. The molecular weight excluding hydrogens is 262 g/mol. The van der Waals surface area contributed by atoms with Crippen molar-refractivity contribution >= 4 is 0 Å². The topological polar surface area (TPSA) is 49.6 Å². The molecule has 2 rings (SSSR count). The Bertz CT molecular complexity index is 642. The molecule has 0 saturated carbocycles. The van der Waals surface area contributed by atoms with Crippen LogP contribution >= 0.6 is 0 Å². The van der Waals surface area contributed by atoms with Crippen LogP contribution in [0.4, 0.5) is 17.6 Å². The van der Waals surface area contributed by atoms with Crippen molar-refractivity contribution in [1.29, 1.82) is 5.26 Å². The number of hydrogen-bond acceptors (Lipinski definition) is 3. The zero-order valence-corrected chi connectivity index (χ0v) is 9.24. The summed E-state index contributed by atoms with van der Waals surface area (Å²) in [7, 11) is 0. The molecule has 7 heteroatoms. The Morgan fingerprint density at radius 1 is 1.16 bits per heavy atom. The molecule has 0 aliphatic heterocycles. The SMILES string of the molecule is N#Cc1cc(-c2ccc(C(F)(F)F)cn2)cc(F)n1. The molecule has 0 amide bonds. The second-order valence-corrected chi connectivity index (χ2v) is 3.61. The first kappa shape index (κ1) is 13.0. The quantitative estimate of drug-likeness (QED) is 0.589. The predicted octanol–water partition coefficient (Wildman–Crippen LogP) is 3.17. The zero-order valence-electron chi connectivity index (χ0n) is 9.24. The molecule has 0 aliphatic rings. The van der Waals surface area contributed by atoms with E-state index in [9.17, 15) is 17.6 Å². The van der Waals surface area contributed by atoms with E-state index in [4.69, 9.17) is 5.26 Å². The fraction of sp³-hybridized carbons (Fsp3) is 0.0833. The number of rotatable bonds is 1. The fourth-order valence-corrected chi connectivity index (χ4v) is 1.43. The highest BCUT2D eigenvalue weighted by Crippen LogP contribution is 2.29. The molecule has 0 radical (unpaired) electrons. The summed E-state index contributed by atoms with van der Waals surface area (Å²) >= 11 is 0. The Hall–Kier alpha value is -2.49. The summed E-state index contributed by atoms with van der Waals surface area (Å²) in [4.78, 5) is 6.91. The van der Waals surface area contributed by atoms with Gasteiger partial charge in [0, 0.05) is 17.8 Å². The molecule has 0 N–H and O–H groups in total. The molecular formula is C12H5F4N3. The van der Waals surface area contributed by atoms with Gasteiger partial charge in [-0.2, -0.15) is 22.8 Å². The van der Waals surface area contributed by atoms with Crippen molar-refractivity contribution in [3.05, 3.63) is 47.7 Å². The van der Waals surface area contributed by atoms with E-state index in [0.29, 0.717) is 6.20 Å². The van der Waals surface area contributed by atoms with Gasteiger partial charge in [-0.3, -0.25) is 4.98 Å². The lowest BCUT2D eigenvalue weighted by Gasteiger charge is -2.07. The second kappa shape index (κ2) is 4.65. The van der Waals surface area contributed by atoms with Crippen molar-refractivity contribution in [3.63, 3.8) is 0 Å². The average molecular weight is 267 g/mol. The third kappa shape index (κ3) is 2.85. The minimum Gasteiger partial charge on any atom is -0.256 e. The largest absolute Gasteiger partial charge is 0.417 e. The van der Waals surface area contributed by atoms with E-state index >= 15 is 0 Å². The van der Waals surface area contributed by atoms with Crippen LogP contribution in [-0.4, -0.2) is 9.97 Å². The van der Waals surface area contributed by atoms with Gasteiger partial charge in [0.15, 0.2) is 0 Å². The Labute approximate surface area is 105 Å². The first-order valence-corrected chi connectivity index (χ1v) is 5.01. The monoisotopic (exact) mass is 267 g/mol. The standard InChI is InChI=1S/C12H5F4N3/c13-11-4-7(3-9(5-17)19-11)10-2-1-8(6-18-10)12(14,15)16/h1-4,6H. The van der Waals surface area contributed by atoms with Crippen LogP contribution in [0.1, 0.15) is 11.3 Å². The molecule has 2 aromatic rings. The number of aromatic nitrogens is 2. The van der Waals surface area contributed by atoms with Gasteiger partial charge in [-0.25, -0.2) is 4.98 Å². The van der Waals surface area contributed by atoms with Crippen molar-refractivity contribution < 1.29 is 17.6 Å². The molecule has 0 spiro atoms. The first-order chi connectivity index (χ1) is 8.90. The van der Waals surface area contributed by atoms with Crippen molar-refractivity contribution in [2.45, 2.75) is 6.18 Å². The Morgan fingerprint density at radius 2 is 1.89 bits per heavy atom. The van der Waals surface area contributed by atoms with Gasteiger partial charge in [0.1, 0.15) is 11.8 Å². The summed E-state index contributed by atoms with van der Waals surface area (Å²) in [6, 6.07) is 5.85. The maximum atomic E-state index is 13.1. The molecule has 0 aliphatic carbocycles. The van der Waals surface area contributed by atoms with Gasteiger partial charge >= 0.3 is 6.18 Å². The van der Waals surface area contributed by atoms with Gasteiger partial charge in [-0.05, 0) is 18.2 Å². The van der Waals surface area contributed by atoms with E-state index < -0.39 is 17.7 Å². The van der Waals surface area contributed by atoms with Crippen LogP contribution in [0, 0.1) is 17.3 Å². The van der Waals surface area contributed by atoms with E-state index in [0.717, 1.165) is 18.2 Å². The van der Waals surface area contributed by atoms with E-state index in [1.54, 1.807) is 6.07 Å². The Morgan fingerprint density at radius 3 is 2.42 bits per heavy atom. The molecule has 3 nitrogen and oxygen atoms in total. The molecule has 0 unspecified atom stereocenters. The normalized spacial score (nSPS) is 11.1. The number of pyridine rings is 2. The summed E-state index contributed by atoms with van der Waals surface area (Å²) in [5.74, 6) is -0.893. The molecule has 0 atom stereocenters. The molecule has 2 aromatic heterocycles. The van der Waals surface area contributed by atoms with Crippen LogP contribution in [-0.2, 0) is 6.18 Å². The van der Waals surface area contributed by atoms with Gasteiger partial charge < -0.3 is 0 Å². The van der Waals surface area contributed by atoms with Crippen molar-refractivity contribution in [1.82, 2.24) is 9.97 Å². The number of nitrogens with zero attached hydrogens (tertiary/aromatic N) is 3. The third-order valence-electron chi connectivity index (χ3n) is 2.30. The Balaban J connectivity index is 2.43. The van der Waals surface area contributed by atoms with E-state index in [1.807, 2.05) is 0 Å². The lowest BCUT2D eigenvalue weighted by Crippen LogP contribution is -2.05. The van der Waals surface area contributed by atoms with Crippen LogP contribution in [0.3, 0.4) is 0 Å². The first-order valence-electron chi connectivity index (χ1n) is 5.01. The van der Waals surface area contributed by atoms with Gasteiger partial charge in [0.2, 0.25) is 5.95 Å². The van der Waals surface area contributed by atoms with Crippen molar-refractivity contribution in [2.24, 2.45) is 0 Å². The highest BCUT2D eigenvalue weighted by molar-refractivity contribution is 5.60. The molecule has 2 heterocycles. The summed E-state index contributed by atoms with van der Waals surface area (Å²) in [5.41, 5.74) is -0.744. The number of nitriles is 1.